The summed E-state index contributed by atoms with van der Waals surface area (Å²) in [5, 5.41) is 2.71. The van der Waals surface area contributed by atoms with Crippen LogP contribution in [-0.2, 0) is 19.1 Å². The van der Waals surface area contributed by atoms with Crippen LogP contribution in [0.2, 0.25) is 0 Å². The Morgan fingerprint density at radius 3 is 2.70 bits per heavy atom. The van der Waals surface area contributed by atoms with Crippen molar-refractivity contribution in [1.29, 1.82) is 0 Å². The third-order valence-corrected chi connectivity index (χ3v) is 5.06. The average Bonchev–Trinajstić information content (AvgIpc) is 3.15. The van der Waals surface area contributed by atoms with Gasteiger partial charge in [0.2, 0.25) is 5.91 Å². The number of rotatable bonds is 5. The molecule has 1 fully saturated rings. The van der Waals surface area contributed by atoms with Gasteiger partial charge in [0.25, 0.3) is 5.91 Å². The van der Waals surface area contributed by atoms with E-state index in [1.807, 2.05) is 25.1 Å². The number of carbonyl (C=O) groups is 3. The number of nitrogens with one attached hydrogen (secondary N) is 1. The van der Waals surface area contributed by atoms with Gasteiger partial charge in [-0.2, -0.15) is 0 Å². The number of fused-ring (bicyclic) bond motifs is 1. The van der Waals surface area contributed by atoms with Gasteiger partial charge >= 0.3 is 5.97 Å². The van der Waals surface area contributed by atoms with E-state index in [0.29, 0.717) is 36.1 Å². The number of carbonyl (C=O) groups excluding carboxylic acids is 3. The maximum atomic E-state index is 12.4. The molecule has 0 bridgehead atoms. The highest BCUT2D eigenvalue weighted by atomic mass is 16.6. The van der Waals surface area contributed by atoms with E-state index in [-0.39, 0.29) is 18.9 Å². The maximum absolute atomic E-state index is 12.4. The highest BCUT2D eigenvalue weighted by Gasteiger charge is 2.36. The van der Waals surface area contributed by atoms with Gasteiger partial charge in [-0.15, -0.1) is 0 Å². The summed E-state index contributed by atoms with van der Waals surface area (Å²) >= 11 is 0. The Hall–Kier alpha value is -3.55. The van der Waals surface area contributed by atoms with Crippen LogP contribution in [0.4, 0.5) is 11.4 Å². The number of esters is 1. The quantitative estimate of drug-likeness (QED) is 0.761. The lowest BCUT2D eigenvalue weighted by Crippen LogP contribution is -2.28. The monoisotopic (exact) mass is 410 g/mol. The lowest BCUT2D eigenvalue weighted by molar-refractivity contribution is -0.151. The summed E-state index contributed by atoms with van der Waals surface area (Å²) in [6.45, 7) is 2.60. The molecule has 2 aliphatic rings. The molecular weight excluding hydrogens is 388 g/mol. The van der Waals surface area contributed by atoms with Gasteiger partial charge in [-0.25, -0.2) is 0 Å². The van der Waals surface area contributed by atoms with E-state index in [2.05, 4.69) is 5.32 Å². The van der Waals surface area contributed by atoms with Gasteiger partial charge in [-0.3, -0.25) is 14.4 Å². The van der Waals surface area contributed by atoms with E-state index in [1.165, 1.54) is 4.90 Å². The van der Waals surface area contributed by atoms with Crippen LogP contribution in [0.1, 0.15) is 12.0 Å². The van der Waals surface area contributed by atoms with Gasteiger partial charge in [-0.1, -0.05) is 18.2 Å². The van der Waals surface area contributed by atoms with Crippen molar-refractivity contribution in [1.82, 2.24) is 0 Å². The Morgan fingerprint density at radius 2 is 1.90 bits per heavy atom. The highest BCUT2D eigenvalue weighted by Crippen LogP contribution is 2.36. The molecule has 30 heavy (non-hydrogen) atoms. The minimum atomic E-state index is -0.628. The molecule has 0 unspecified atom stereocenters. The second kappa shape index (κ2) is 8.44. The first-order chi connectivity index (χ1) is 14.5. The van der Waals surface area contributed by atoms with E-state index >= 15 is 0 Å². The van der Waals surface area contributed by atoms with Crippen LogP contribution in [0.15, 0.2) is 42.5 Å². The minimum Gasteiger partial charge on any atom is -0.486 e. The molecule has 2 aliphatic heterocycles. The second-order valence-corrected chi connectivity index (χ2v) is 7.20. The number of hydrogen-bond acceptors (Lipinski definition) is 6. The molecule has 8 nitrogen and oxygen atoms in total. The lowest BCUT2D eigenvalue weighted by atomic mass is 10.1. The minimum absolute atomic E-state index is 0.0344. The number of amides is 2. The first-order valence-electron chi connectivity index (χ1n) is 9.73. The van der Waals surface area contributed by atoms with Gasteiger partial charge in [0.05, 0.1) is 5.92 Å². The van der Waals surface area contributed by atoms with Crippen molar-refractivity contribution in [2.75, 3.05) is 36.6 Å². The maximum Gasteiger partial charge on any atom is 0.311 e. The molecule has 0 aliphatic carbocycles. The fourth-order valence-corrected chi connectivity index (χ4v) is 3.47. The average molecular weight is 410 g/mol. The summed E-state index contributed by atoms with van der Waals surface area (Å²) in [5.41, 5.74) is 2.21. The van der Waals surface area contributed by atoms with Crippen LogP contribution >= 0.6 is 0 Å². The van der Waals surface area contributed by atoms with Crippen molar-refractivity contribution in [3.8, 4) is 11.5 Å². The standard InChI is InChI=1S/C22H22N2O6/c1-14-4-2-3-5-17(14)23-20(25)13-30-22(27)15-10-21(26)24(12-15)16-6-7-18-19(11-16)29-9-8-28-18/h2-7,11,15H,8-10,12-13H2,1H3,(H,23,25)/t15-/m0/s1. The molecule has 4 rings (SSSR count). The zero-order valence-corrected chi connectivity index (χ0v) is 16.6. The Morgan fingerprint density at radius 1 is 1.13 bits per heavy atom. The van der Waals surface area contributed by atoms with Crippen LogP contribution in [0, 0.1) is 12.8 Å². The van der Waals surface area contributed by atoms with Crippen LogP contribution in [0.25, 0.3) is 0 Å². The predicted octanol–water partition coefficient (Wildman–Crippen LogP) is 2.30. The van der Waals surface area contributed by atoms with Crippen molar-refractivity contribution >= 4 is 29.2 Å². The molecule has 1 saturated heterocycles. The van der Waals surface area contributed by atoms with Gasteiger partial charge in [0, 0.05) is 30.4 Å². The first kappa shape index (κ1) is 19.8. The SMILES string of the molecule is Cc1ccccc1NC(=O)COC(=O)[C@H]1CC(=O)N(c2ccc3c(c2)OCCO3)C1. The largest absolute Gasteiger partial charge is 0.486 e. The van der Waals surface area contributed by atoms with E-state index in [9.17, 15) is 14.4 Å². The molecule has 8 heteroatoms. The number of aryl methyl sites for hydroxylation is 1. The number of benzene rings is 2. The lowest BCUT2D eigenvalue weighted by Gasteiger charge is -2.22. The van der Waals surface area contributed by atoms with E-state index in [0.717, 1.165) is 5.56 Å². The van der Waals surface area contributed by atoms with Crippen molar-refractivity contribution in [2.24, 2.45) is 5.92 Å². The molecule has 1 atom stereocenters. The molecule has 156 valence electrons. The van der Waals surface area contributed by atoms with Crippen LogP contribution in [-0.4, -0.2) is 44.1 Å². The Kier molecular flexibility index (Phi) is 5.56. The molecule has 2 amide bonds. The van der Waals surface area contributed by atoms with Gasteiger partial charge in [0.1, 0.15) is 13.2 Å². The van der Waals surface area contributed by atoms with Gasteiger partial charge in [0.15, 0.2) is 18.1 Å². The van der Waals surface area contributed by atoms with E-state index in [1.54, 1.807) is 24.3 Å². The van der Waals surface area contributed by atoms with Crippen molar-refractivity contribution in [2.45, 2.75) is 13.3 Å². The van der Waals surface area contributed by atoms with Crippen LogP contribution in [0.5, 0.6) is 11.5 Å². The fourth-order valence-electron chi connectivity index (χ4n) is 3.47. The highest BCUT2D eigenvalue weighted by molar-refractivity contribution is 6.00. The number of hydrogen-bond donors (Lipinski definition) is 1. The van der Waals surface area contributed by atoms with Gasteiger partial charge in [-0.05, 0) is 30.7 Å². The zero-order chi connectivity index (χ0) is 21.1. The molecule has 2 aromatic rings. The summed E-state index contributed by atoms with van der Waals surface area (Å²) in [6.07, 6.45) is 0.0344. The molecule has 0 saturated carbocycles. The molecular formula is C22H22N2O6. The number of para-hydroxylation sites is 1. The summed E-state index contributed by atoms with van der Waals surface area (Å²) in [6, 6.07) is 12.6. The second-order valence-electron chi connectivity index (χ2n) is 7.20. The van der Waals surface area contributed by atoms with Crippen molar-refractivity contribution in [3.05, 3.63) is 48.0 Å². The normalized spacial score (nSPS) is 17.6. The molecule has 2 heterocycles. The molecule has 0 radical (unpaired) electrons. The summed E-state index contributed by atoms with van der Waals surface area (Å²) < 4.78 is 16.2. The summed E-state index contributed by atoms with van der Waals surface area (Å²) in [5.74, 6) is -0.596. The first-order valence-corrected chi connectivity index (χ1v) is 9.73. The molecule has 2 aromatic carbocycles. The Labute approximate surface area is 173 Å². The predicted molar refractivity (Wildman–Crippen MR) is 109 cm³/mol. The number of anilines is 2. The van der Waals surface area contributed by atoms with Crippen molar-refractivity contribution < 1.29 is 28.6 Å². The third kappa shape index (κ3) is 4.22. The fraction of sp³-hybridized carbons (Fsp3) is 0.318. The van der Waals surface area contributed by atoms with Gasteiger partial charge < -0.3 is 24.4 Å². The van der Waals surface area contributed by atoms with E-state index in [4.69, 9.17) is 14.2 Å². The summed E-state index contributed by atoms with van der Waals surface area (Å²) in [7, 11) is 0. The van der Waals surface area contributed by atoms with Crippen LogP contribution < -0.4 is 19.7 Å². The number of ether oxygens (including phenoxy) is 3. The number of nitrogens with zero attached hydrogens (tertiary/aromatic N) is 1. The van der Waals surface area contributed by atoms with Crippen LogP contribution in [0.3, 0.4) is 0 Å². The van der Waals surface area contributed by atoms with Crippen molar-refractivity contribution in [3.63, 3.8) is 0 Å². The molecule has 0 spiro atoms. The summed E-state index contributed by atoms with van der Waals surface area (Å²) in [4.78, 5) is 38.4. The Balaban J connectivity index is 1.33. The smallest absolute Gasteiger partial charge is 0.311 e. The topological polar surface area (TPSA) is 94.2 Å². The zero-order valence-electron chi connectivity index (χ0n) is 16.6. The molecule has 0 aromatic heterocycles. The Bertz CT molecular complexity index is 989. The molecule has 1 N–H and O–H groups in total. The third-order valence-electron chi connectivity index (χ3n) is 5.06. The van der Waals surface area contributed by atoms with E-state index < -0.39 is 24.4 Å².